The van der Waals surface area contributed by atoms with Crippen LogP contribution in [0.1, 0.15) is 26.4 Å². The summed E-state index contributed by atoms with van der Waals surface area (Å²) >= 11 is 1.27. The Balaban J connectivity index is 2.22. The van der Waals surface area contributed by atoms with Crippen molar-refractivity contribution in [2.75, 3.05) is 0 Å². The minimum absolute atomic E-state index is 0.429. The van der Waals surface area contributed by atoms with E-state index in [1.165, 1.54) is 11.3 Å². The molecule has 0 aliphatic heterocycles. The predicted molar refractivity (Wildman–Crippen MR) is 70.6 cm³/mol. The van der Waals surface area contributed by atoms with Crippen LogP contribution < -0.4 is 0 Å². The highest BCUT2D eigenvalue weighted by atomic mass is 32.1. The molecule has 0 saturated carbocycles. The summed E-state index contributed by atoms with van der Waals surface area (Å²) in [6.07, 6.45) is 2.44. The summed E-state index contributed by atoms with van der Waals surface area (Å²) in [6, 6.07) is 9.83. The van der Waals surface area contributed by atoms with E-state index in [4.69, 9.17) is 5.11 Å². The maximum atomic E-state index is 11.0. The van der Waals surface area contributed by atoms with Crippen molar-refractivity contribution in [2.24, 2.45) is 0 Å². The van der Waals surface area contributed by atoms with Gasteiger partial charge in [-0.3, -0.25) is 0 Å². The number of carboxylic acid groups (broad SMARTS) is 1. The Kier molecular flexibility index (Phi) is 3.40. The highest BCUT2D eigenvalue weighted by Crippen LogP contribution is 2.20. The molecular weight excluding hydrogens is 232 g/mol. The van der Waals surface area contributed by atoms with E-state index in [-0.39, 0.29) is 0 Å². The molecule has 0 radical (unpaired) electrons. The summed E-state index contributed by atoms with van der Waals surface area (Å²) < 4.78 is 0. The van der Waals surface area contributed by atoms with Crippen molar-refractivity contribution in [1.82, 2.24) is 0 Å². The number of hydrogen-bond acceptors (Lipinski definition) is 2. The van der Waals surface area contributed by atoms with Crippen molar-refractivity contribution in [3.63, 3.8) is 0 Å². The Labute approximate surface area is 104 Å². The molecule has 17 heavy (non-hydrogen) atoms. The highest BCUT2D eigenvalue weighted by Gasteiger charge is 2.11. The van der Waals surface area contributed by atoms with Crippen molar-refractivity contribution >= 4 is 23.4 Å². The first-order chi connectivity index (χ1) is 8.20. The van der Waals surface area contributed by atoms with Crippen LogP contribution in [0.15, 0.2) is 42.3 Å². The molecule has 0 spiro atoms. The van der Waals surface area contributed by atoms with E-state index in [1.807, 2.05) is 35.7 Å². The lowest BCUT2D eigenvalue weighted by molar-refractivity contribution is 0.0701. The van der Waals surface area contributed by atoms with E-state index in [9.17, 15) is 4.79 Å². The minimum atomic E-state index is -0.849. The molecule has 1 aromatic carbocycles. The third-order valence-electron chi connectivity index (χ3n) is 2.55. The topological polar surface area (TPSA) is 37.3 Å². The number of hydrogen-bond donors (Lipinski definition) is 1. The fourth-order valence-electron chi connectivity index (χ4n) is 1.65. The normalized spacial score (nSPS) is 10.1. The highest BCUT2D eigenvalue weighted by molar-refractivity contribution is 7.12. The Hall–Kier alpha value is -1.87. The van der Waals surface area contributed by atoms with Gasteiger partial charge in [-0.15, -0.1) is 11.3 Å². The van der Waals surface area contributed by atoms with Crippen LogP contribution in [-0.4, -0.2) is 11.1 Å². The van der Waals surface area contributed by atoms with Crippen LogP contribution in [0.5, 0.6) is 0 Å². The van der Waals surface area contributed by atoms with Crippen molar-refractivity contribution in [1.29, 1.82) is 0 Å². The zero-order valence-electron chi connectivity index (χ0n) is 9.22. The minimum Gasteiger partial charge on any atom is -0.477 e. The van der Waals surface area contributed by atoms with Crippen molar-refractivity contribution in [3.05, 3.63) is 63.9 Å². The molecule has 1 heterocycles. The van der Waals surface area contributed by atoms with Gasteiger partial charge in [-0.25, -0.2) is 4.79 Å². The third-order valence-corrected chi connectivity index (χ3v) is 3.50. The molecule has 0 amide bonds. The molecule has 86 valence electrons. The largest absolute Gasteiger partial charge is 0.477 e. The quantitative estimate of drug-likeness (QED) is 0.890. The number of aromatic carboxylic acids is 1. The fraction of sp³-hybridized carbons (Fsp3) is 0.0714. The van der Waals surface area contributed by atoms with E-state index in [0.717, 1.165) is 16.7 Å². The lowest BCUT2D eigenvalue weighted by atomic mass is 10.0. The molecule has 0 atom stereocenters. The first-order valence-corrected chi connectivity index (χ1v) is 6.09. The average Bonchev–Trinajstić information content (AvgIpc) is 2.78. The first kappa shape index (κ1) is 11.6. The molecule has 2 rings (SSSR count). The van der Waals surface area contributed by atoms with Gasteiger partial charge in [0.2, 0.25) is 0 Å². The van der Waals surface area contributed by atoms with E-state index < -0.39 is 5.97 Å². The van der Waals surface area contributed by atoms with Crippen LogP contribution in [0.2, 0.25) is 0 Å². The van der Waals surface area contributed by atoms with E-state index in [0.29, 0.717) is 11.3 Å². The molecule has 0 saturated heterocycles. The van der Waals surface area contributed by atoms with Crippen molar-refractivity contribution in [3.8, 4) is 0 Å². The second-order valence-electron chi connectivity index (χ2n) is 3.70. The van der Waals surface area contributed by atoms with Gasteiger partial charge in [0.25, 0.3) is 0 Å². The van der Waals surface area contributed by atoms with E-state index >= 15 is 0 Å². The molecule has 0 fully saturated rings. The van der Waals surface area contributed by atoms with Crippen LogP contribution in [0.4, 0.5) is 0 Å². The predicted octanol–water partition coefficient (Wildman–Crippen LogP) is 3.68. The second kappa shape index (κ2) is 4.97. The lowest BCUT2D eigenvalue weighted by Crippen LogP contribution is -1.98. The zero-order valence-corrected chi connectivity index (χ0v) is 10.0. The molecule has 0 unspecified atom stereocenters. The molecular formula is C14H12O2S. The van der Waals surface area contributed by atoms with Crippen LogP contribution in [0.3, 0.4) is 0 Å². The number of benzene rings is 1. The summed E-state index contributed by atoms with van der Waals surface area (Å²) in [5.74, 6) is -0.849. The standard InChI is InChI=1S/C14H12O2S/c1-2-10-3-5-11(6-4-10)9-12-7-8-17-13(12)14(15)16/h2-8H,1,9H2,(H,15,16). The van der Waals surface area contributed by atoms with Gasteiger partial charge in [0.05, 0.1) is 0 Å². The Bertz CT molecular complexity index is 538. The van der Waals surface area contributed by atoms with Gasteiger partial charge in [-0.1, -0.05) is 36.9 Å². The van der Waals surface area contributed by atoms with Gasteiger partial charge in [-0.2, -0.15) is 0 Å². The molecule has 0 bridgehead atoms. The molecule has 1 aromatic heterocycles. The summed E-state index contributed by atoms with van der Waals surface area (Å²) in [5, 5.41) is 10.8. The average molecular weight is 244 g/mol. The monoisotopic (exact) mass is 244 g/mol. The first-order valence-electron chi connectivity index (χ1n) is 5.21. The number of carboxylic acids is 1. The summed E-state index contributed by atoms with van der Waals surface area (Å²) in [5.41, 5.74) is 3.04. The van der Waals surface area contributed by atoms with Crippen LogP contribution >= 0.6 is 11.3 Å². The van der Waals surface area contributed by atoms with Gasteiger partial charge in [-0.05, 0) is 34.6 Å². The summed E-state index contributed by atoms with van der Waals surface area (Å²) in [7, 11) is 0. The van der Waals surface area contributed by atoms with Gasteiger partial charge >= 0.3 is 5.97 Å². The Morgan fingerprint density at radius 3 is 2.59 bits per heavy atom. The second-order valence-corrected chi connectivity index (χ2v) is 4.62. The maximum absolute atomic E-state index is 11.0. The Morgan fingerprint density at radius 2 is 2.00 bits per heavy atom. The molecule has 2 aromatic rings. The SMILES string of the molecule is C=Cc1ccc(Cc2ccsc2C(=O)O)cc1. The summed E-state index contributed by atoms with van der Waals surface area (Å²) in [6.45, 7) is 3.70. The number of rotatable bonds is 4. The van der Waals surface area contributed by atoms with Gasteiger partial charge in [0.1, 0.15) is 4.88 Å². The van der Waals surface area contributed by atoms with Crippen molar-refractivity contribution < 1.29 is 9.90 Å². The van der Waals surface area contributed by atoms with Crippen LogP contribution in [-0.2, 0) is 6.42 Å². The van der Waals surface area contributed by atoms with E-state index in [1.54, 1.807) is 6.08 Å². The zero-order chi connectivity index (χ0) is 12.3. The number of thiophene rings is 1. The molecule has 0 aliphatic carbocycles. The van der Waals surface area contributed by atoms with Gasteiger partial charge in [0.15, 0.2) is 0 Å². The molecule has 2 nitrogen and oxygen atoms in total. The van der Waals surface area contributed by atoms with Gasteiger partial charge in [0, 0.05) is 0 Å². The van der Waals surface area contributed by atoms with Crippen LogP contribution in [0, 0.1) is 0 Å². The summed E-state index contributed by atoms with van der Waals surface area (Å²) in [4.78, 5) is 11.4. The molecule has 3 heteroatoms. The molecule has 1 N–H and O–H groups in total. The third kappa shape index (κ3) is 2.63. The smallest absolute Gasteiger partial charge is 0.346 e. The van der Waals surface area contributed by atoms with Crippen molar-refractivity contribution in [2.45, 2.75) is 6.42 Å². The Morgan fingerprint density at radius 1 is 1.29 bits per heavy atom. The lowest BCUT2D eigenvalue weighted by Gasteiger charge is -2.02. The van der Waals surface area contributed by atoms with Gasteiger partial charge < -0.3 is 5.11 Å². The molecule has 0 aliphatic rings. The number of carbonyl (C=O) groups is 1. The van der Waals surface area contributed by atoms with E-state index in [2.05, 4.69) is 6.58 Å². The van der Waals surface area contributed by atoms with Crippen LogP contribution in [0.25, 0.3) is 6.08 Å². The fourth-order valence-corrected chi connectivity index (χ4v) is 2.41. The maximum Gasteiger partial charge on any atom is 0.346 e.